The van der Waals surface area contributed by atoms with E-state index in [2.05, 4.69) is 20.9 Å². The number of thioether (sulfide) groups is 1. The van der Waals surface area contributed by atoms with Gasteiger partial charge in [0.15, 0.2) is 5.16 Å². The van der Waals surface area contributed by atoms with Gasteiger partial charge in [-0.1, -0.05) is 27.7 Å². The molecule has 0 radical (unpaired) electrons. The van der Waals surface area contributed by atoms with Gasteiger partial charge in [-0.2, -0.15) is 0 Å². The Balaban J connectivity index is 1.93. The van der Waals surface area contributed by atoms with Crippen molar-refractivity contribution in [3.63, 3.8) is 0 Å². The number of fused-ring (bicyclic) bond motifs is 1. The molecular weight excluding hydrogens is 420 g/mol. The number of methoxy groups -OCH3 is 1. The summed E-state index contributed by atoms with van der Waals surface area (Å²) in [5.41, 5.74) is 0.982. The Morgan fingerprint density at radius 3 is 2.85 bits per heavy atom. The topological polar surface area (TPSA) is 74.3 Å². The van der Waals surface area contributed by atoms with Crippen LogP contribution in [0.4, 0.5) is 0 Å². The summed E-state index contributed by atoms with van der Waals surface area (Å²) in [6.07, 6.45) is 0. The number of furan rings is 1. The first-order valence-corrected chi connectivity index (χ1v) is 9.73. The van der Waals surface area contributed by atoms with E-state index < -0.39 is 5.97 Å². The van der Waals surface area contributed by atoms with Crippen LogP contribution in [0.25, 0.3) is 10.9 Å². The number of halogens is 1. The normalized spacial score (nSPS) is 11.1. The minimum atomic E-state index is -0.428. The molecule has 3 rings (SSSR count). The Bertz CT molecular complexity index is 1040. The van der Waals surface area contributed by atoms with Gasteiger partial charge in [-0.05, 0) is 38.1 Å². The molecule has 2 heterocycles. The molecule has 2 aromatic heterocycles. The van der Waals surface area contributed by atoms with Crippen LogP contribution in [-0.4, -0.2) is 22.6 Å². The van der Waals surface area contributed by atoms with Crippen molar-refractivity contribution in [2.75, 3.05) is 7.11 Å². The van der Waals surface area contributed by atoms with Crippen molar-refractivity contribution >= 4 is 44.6 Å². The molecule has 0 aliphatic rings. The van der Waals surface area contributed by atoms with Gasteiger partial charge in [-0.3, -0.25) is 9.36 Å². The second kappa shape index (κ2) is 7.67. The molecular formula is C18H17BrN2O4S. The summed E-state index contributed by atoms with van der Waals surface area (Å²) in [6, 6.07) is 7.12. The SMILES string of the molecule is CCn1c(SCc2cc(C(=O)OC)c(C)o2)nc2ccc(Br)cc2c1=O. The molecule has 3 aromatic rings. The second-order valence-electron chi connectivity index (χ2n) is 5.57. The third kappa shape index (κ3) is 3.57. The number of carbonyl (C=O) groups excluding carboxylic acids is 1. The van der Waals surface area contributed by atoms with Gasteiger partial charge in [0.05, 0.1) is 23.8 Å². The van der Waals surface area contributed by atoms with Gasteiger partial charge in [-0.15, -0.1) is 0 Å². The monoisotopic (exact) mass is 436 g/mol. The summed E-state index contributed by atoms with van der Waals surface area (Å²) in [4.78, 5) is 29.0. The van der Waals surface area contributed by atoms with E-state index in [4.69, 9.17) is 9.15 Å². The highest BCUT2D eigenvalue weighted by Gasteiger charge is 2.17. The first-order valence-electron chi connectivity index (χ1n) is 7.95. The highest BCUT2D eigenvalue weighted by molar-refractivity contribution is 9.10. The number of aromatic nitrogens is 2. The Morgan fingerprint density at radius 2 is 2.15 bits per heavy atom. The van der Waals surface area contributed by atoms with Crippen LogP contribution in [0.5, 0.6) is 0 Å². The average Bonchev–Trinajstić information content (AvgIpc) is 3.00. The molecule has 0 N–H and O–H groups in total. The zero-order valence-corrected chi connectivity index (χ0v) is 16.9. The minimum Gasteiger partial charge on any atom is -0.465 e. The van der Waals surface area contributed by atoms with Crippen molar-refractivity contribution in [1.29, 1.82) is 0 Å². The first kappa shape index (κ1) is 18.7. The van der Waals surface area contributed by atoms with E-state index in [9.17, 15) is 9.59 Å². The molecule has 1 aromatic carbocycles. The van der Waals surface area contributed by atoms with Gasteiger partial charge in [0, 0.05) is 11.0 Å². The number of nitrogens with zero attached hydrogens (tertiary/aromatic N) is 2. The summed E-state index contributed by atoms with van der Waals surface area (Å²) >= 11 is 4.78. The molecule has 6 nitrogen and oxygen atoms in total. The quantitative estimate of drug-likeness (QED) is 0.339. The zero-order chi connectivity index (χ0) is 18.8. The van der Waals surface area contributed by atoms with Crippen LogP contribution in [0.3, 0.4) is 0 Å². The fourth-order valence-electron chi connectivity index (χ4n) is 2.62. The number of esters is 1. The van der Waals surface area contributed by atoms with Gasteiger partial charge < -0.3 is 9.15 Å². The fourth-order valence-corrected chi connectivity index (χ4v) is 3.93. The summed E-state index contributed by atoms with van der Waals surface area (Å²) in [5.74, 6) is 1.16. The standard InChI is InChI=1S/C18H17BrN2O4S/c1-4-21-16(22)14-7-11(19)5-6-15(14)20-18(21)26-9-12-8-13(10(2)25-12)17(23)24-3/h5-8H,4,9H2,1-3H3. The summed E-state index contributed by atoms with van der Waals surface area (Å²) in [6.45, 7) is 4.14. The fraction of sp³-hybridized carbons (Fsp3) is 0.278. The molecule has 0 amide bonds. The predicted molar refractivity (Wildman–Crippen MR) is 104 cm³/mol. The number of aryl methyl sites for hydroxylation is 1. The lowest BCUT2D eigenvalue weighted by atomic mass is 10.2. The van der Waals surface area contributed by atoms with Crippen molar-refractivity contribution in [1.82, 2.24) is 9.55 Å². The number of hydrogen-bond donors (Lipinski definition) is 0. The molecule has 0 aliphatic carbocycles. The molecule has 0 unspecified atom stereocenters. The molecule has 0 aliphatic heterocycles. The maximum absolute atomic E-state index is 12.7. The van der Waals surface area contributed by atoms with E-state index in [-0.39, 0.29) is 5.56 Å². The van der Waals surface area contributed by atoms with E-state index in [0.29, 0.717) is 45.4 Å². The summed E-state index contributed by atoms with van der Waals surface area (Å²) in [5, 5.41) is 1.19. The van der Waals surface area contributed by atoms with E-state index in [1.807, 2.05) is 19.1 Å². The van der Waals surface area contributed by atoms with Crippen molar-refractivity contribution in [3.8, 4) is 0 Å². The second-order valence-corrected chi connectivity index (χ2v) is 7.43. The van der Waals surface area contributed by atoms with Crippen LogP contribution in [0.1, 0.15) is 28.8 Å². The predicted octanol–water partition coefficient (Wildman–Crippen LogP) is 4.16. The molecule has 0 fully saturated rings. The van der Waals surface area contributed by atoms with Crippen molar-refractivity contribution in [3.05, 3.63) is 56.2 Å². The zero-order valence-electron chi connectivity index (χ0n) is 14.5. The number of benzene rings is 1. The summed E-state index contributed by atoms with van der Waals surface area (Å²) in [7, 11) is 1.33. The molecule has 26 heavy (non-hydrogen) atoms. The van der Waals surface area contributed by atoms with E-state index in [1.54, 1.807) is 23.6 Å². The van der Waals surface area contributed by atoms with Gasteiger partial charge in [-0.25, -0.2) is 9.78 Å². The molecule has 136 valence electrons. The first-order chi connectivity index (χ1) is 12.4. The van der Waals surface area contributed by atoms with Crippen molar-refractivity contribution in [2.45, 2.75) is 31.3 Å². The van der Waals surface area contributed by atoms with Crippen LogP contribution in [0.15, 0.2) is 43.1 Å². The third-order valence-corrected chi connectivity index (χ3v) is 5.41. The smallest absolute Gasteiger partial charge is 0.341 e. The van der Waals surface area contributed by atoms with Crippen molar-refractivity contribution < 1.29 is 13.9 Å². The van der Waals surface area contributed by atoms with Gasteiger partial charge >= 0.3 is 5.97 Å². The van der Waals surface area contributed by atoms with Gasteiger partial charge in [0.2, 0.25) is 0 Å². The third-order valence-electron chi connectivity index (χ3n) is 3.92. The Morgan fingerprint density at radius 1 is 1.38 bits per heavy atom. The minimum absolute atomic E-state index is 0.0767. The molecule has 8 heteroatoms. The van der Waals surface area contributed by atoms with Gasteiger partial charge in [0.1, 0.15) is 17.1 Å². The Kier molecular flexibility index (Phi) is 5.52. The van der Waals surface area contributed by atoms with Crippen LogP contribution in [0.2, 0.25) is 0 Å². The maximum atomic E-state index is 12.7. The lowest BCUT2D eigenvalue weighted by Crippen LogP contribution is -2.22. The van der Waals surface area contributed by atoms with Crippen LogP contribution in [0, 0.1) is 6.92 Å². The van der Waals surface area contributed by atoms with E-state index >= 15 is 0 Å². The summed E-state index contributed by atoms with van der Waals surface area (Å²) < 4.78 is 12.8. The highest BCUT2D eigenvalue weighted by Crippen LogP contribution is 2.26. The number of hydrogen-bond acceptors (Lipinski definition) is 6. The molecule has 0 saturated carbocycles. The highest BCUT2D eigenvalue weighted by atomic mass is 79.9. The molecule has 0 atom stereocenters. The average molecular weight is 437 g/mol. The van der Waals surface area contributed by atoms with Crippen LogP contribution < -0.4 is 5.56 Å². The lowest BCUT2D eigenvalue weighted by Gasteiger charge is -2.10. The van der Waals surface area contributed by atoms with E-state index in [1.165, 1.54) is 18.9 Å². The van der Waals surface area contributed by atoms with Crippen LogP contribution in [-0.2, 0) is 17.0 Å². The Hall–Kier alpha value is -2.06. The number of ether oxygens (including phenoxy) is 1. The van der Waals surface area contributed by atoms with Gasteiger partial charge in [0.25, 0.3) is 5.56 Å². The van der Waals surface area contributed by atoms with Crippen molar-refractivity contribution in [2.24, 2.45) is 0 Å². The lowest BCUT2D eigenvalue weighted by molar-refractivity contribution is 0.0599. The number of carbonyl (C=O) groups is 1. The molecule has 0 saturated heterocycles. The molecule has 0 spiro atoms. The Labute approximate surface area is 162 Å². The molecule has 0 bridgehead atoms. The van der Waals surface area contributed by atoms with Crippen LogP contribution >= 0.6 is 27.7 Å². The number of rotatable bonds is 5. The largest absolute Gasteiger partial charge is 0.465 e. The van der Waals surface area contributed by atoms with E-state index in [0.717, 1.165) is 4.47 Å². The maximum Gasteiger partial charge on any atom is 0.341 e.